The van der Waals surface area contributed by atoms with Crippen LogP contribution in [0, 0.1) is 11.8 Å². The Hall–Kier alpha value is -0.460. The van der Waals surface area contributed by atoms with E-state index in [-0.39, 0.29) is 0 Å². The van der Waals surface area contributed by atoms with Crippen molar-refractivity contribution in [3.8, 4) is 0 Å². The van der Waals surface area contributed by atoms with Crippen molar-refractivity contribution in [3.63, 3.8) is 0 Å². The molecule has 0 aromatic rings. The smallest absolute Gasteiger partial charge is 0.0203 e. The van der Waals surface area contributed by atoms with Crippen LogP contribution in [0.3, 0.4) is 0 Å². The average molecular weight is 123 g/mol. The molecule has 3 aliphatic rings. The van der Waals surface area contributed by atoms with E-state index in [4.69, 9.17) is 0 Å². The van der Waals surface area contributed by atoms with E-state index in [1.54, 1.807) is 0 Å². The second-order valence-corrected chi connectivity index (χ2v) is 3.27. The molecule has 3 heterocycles. The molecule has 0 aliphatic carbocycles. The molecule has 0 aromatic heterocycles. The lowest BCUT2D eigenvalue weighted by molar-refractivity contribution is 0.177. The molecule has 2 bridgehead atoms. The van der Waals surface area contributed by atoms with Crippen LogP contribution in [0.25, 0.3) is 0 Å². The first-order valence-electron chi connectivity index (χ1n) is 3.78. The monoisotopic (exact) mass is 123 g/mol. The van der Waals surface area contributed by atoms with Crippen molar-refractivity contribution in [2.45, 2.75) is 13.3 Å². The Morgan fingerprint density at radius 3 is 2.67 bits per heavy atom. The lowest BCUT2D eigenvalue weighted by Crippen LogP contribution is -2.39. The predicted octanol–water partition coefficient (Wildman–Crippen LogP) is 1.47. The molecule has 3 aliphatic heterocycles. The van der Waals surface area contributed by atoms with Gasteiger partial charge in [-0.2, -0.15) is 0 Å². The third-order valence-electron chi connectivity index (χ3n) is 2.55. The summed E-state index contributed by atoms with van der Waals surface area (Å²) < 4.78 is 0. The van der Waals surface area contributed by atoms with E-state index >= 15 is 0 Å². The highest BCUT2D eigenvalue weighted by molar-refractivity contribution is 5.01. The normalized spacial score (nSPS) is 39.9. The first-order chi connectivity index (χ1) is 4.36. The summed E-state index contributed by atoms with van der Waals surface area (Å²) in [5.41, 5.74) is 0. The summed E-state index contributed by atoms with van der Waals surface area (Å²) in [5.74, 6) is 1.80. The minimum atomic E-state index is 0.898. The maximum Gasteiger partial charge on any atom is 0.0203 e. The quantitative estimate of drug-likeness (QED) is 0.471. The number of hydrogen-bond donors (Lipinski definition) is 0. The second kappa shape index (κ2) is 1.76. The highest BCUT2D eigenvalue weighted by Gasteiger charge is 2.26. The lowest BCUT2D eigenvalue weighted by atomic mass is 9.84. The van der Waals surface area contributed by atoms with Crippen molar-refractivity contribution in [1.29, 1.82) is 0 Å². The highest BCUT2D eigenvalue weighted by Crippen LogP contribution is 2.28. The van der Waals surface area contributed by atoms with Gasteiger partial charge in [0, 0.05) is 13.1 Å². The Morgan fingerprint density at radius 2 is 2.44 bits per heavy atom. The van der Waals surface area contributed by atoms with Crippen LogP contribution in [0.1, 0.15) is 13.3 Å². The molecule has 0 spiro atoms. The summed E-state index contributed by atoms with van der Waals surface area (Å²) in [6.45, 7) is 4.94. The van der Waals surface area contributed by atoms with Gasteiger partial charge in [0.2, 0.25) is 0 Å². The summed E-state index contributed by atoms with van der Waals surface area (Å²) in [6.07, 6.45) is 6.00. The van der Waals surface area contributed by atoms with Crippen LogP contribution in [0.15, 0.2) is 12.3 Å². The molecule has 3 rings (SSSR count). The van der Waals surface area contributed by atoms with Crippen LogP contribution in [0.4, 0.5) is 0 Å². The van der Waals surface area contributed by atoms with Gasteiger partial charge in [-0.05, 0) is 24.5 Å². The molecule has 0 radical (unpaired) electrons. The van der Waals surface area contributed by atoms with Crippen LogP contribution in [-0.4, -0.2) is 18.0 Å². The third-order valence-corrected chi connectivity index (χ3v) is 2.55. The van der Waals surface area contributed by atoms with Crippen molar-refractivity contribution < 1.29 is 0 Å². The molecule has 2 unspecified atom stereocenters. The Balaban J connectivity index is 2.20. The van der Waals surface area contributed by atoms with Crippen LogP contribution >= 0.6 is 0 Å². The minimum Gasteiger partial charge on any atom is -0.377 e. The first-order valence-corrected chi connectivity index (χ1v) is 3.78. The van der Waals surface area contributed by atoms with E-state index in [0.717, 1.165) is 11.8 Å². The van der Waals surface area contributed by atoms with Gasteiger partial charge >= 0.3 is 0 Å². The zero-order chi connectivity index (χ0) is 6.27. The van der Waals surface area contributed by atoms with Crippen LogP contribution < -0.4 is 0 Å². The summed E-state index contributed by atoms with van der Waals surface area (Å²) in [5, 5.41) is 0. The first kappa shape index (κ1) is 5.33. The number of hydrogen-bond acceptors (Lipinski definition) is 1. The third kappa shape index (κ3) is 0.752. The molecule has 2 atom stereocenters. The van der Waals surface area contributed by atoms with Gasteiger partial charge in [-0.15, -0.1) is 0 Å². The van der Waals surface area contributed by atoms with Gasteiger partial charge < -0.3 is 4.90 Å². The average Bonchev–Trinajstić information content (AvgIpc) is 1.90. The van der Waals surface area contributed by atoms with Gasteiger partial charge in [0.05, 0.1) is 0 Å². The molecule has 1 heteroatoms. The van der Waals surface area contributed by atoms with Crippen molar-refractivity contribution in [1.82, 2.24) is 4.90 Å². The lowest BCUT2D eigenvalue weighted by Gasteiger charge is -2.39. The molecule has 1 nitrogen and oxygen atoms in total. The topological polar surface area (TPSA) is 3.24 Å². The number of nitrogens with zero attached hydrogens (tertiary/aromatic N) is 1. The maximum atomic E-state index is 2.42. The van der Waals surface area contributed by atoms with Crippen LogP contribution in [0.5, 0.6) is 0 Å². The second-order valence-electron chi connectivity index (χ2n) is 3.27. The van der Waals surface area contributed by atoms with Gasteiger partial charge in [-0.3, -0.25) is 0 Å². The Bertz CT molecular complexity index is 140. The van der Waals surface area contributed by atoms with E-state index < -0.39 is 0 Å². The van der Waals surface area contributed by atoms with Crippen LogP contribution in [0.2, 0.25) is 0 Å². The van der Waals surface area contributed by atoms with Gasteiger partial charge in [0.15, 0.2) is 0 Å². The van der Waals surface area contributed by atoms with Gasteiger partial charge in [0.1, 0.15) is 0 Å². The Labute approximate surface area is 56.4 Å². The van der Waals surface area contributed by atoms with Crippen molar-refractivity contribution in [3.05, 3.63) is 12.3 Å². The molecule has 9 heavy (non-hydrogen) atoms. The molecule has 1 fully saturated rings. The minimum absolute atomic E-state index is 0.898. The van der Waals surface area contributed by atoms with Gasteiger partial charge in [-0.1, -0.05) is 13.0 Å². The van der Waals surface area contributed by atoms with E-state index in [2.05, 4.69) is 24.1 Å². The number of piperidine rings is 1. The van der Waals surface area contributed by atoms with Gasteiger partial charge in [0.25, 0.3) is 0 Å². The number of fused-ring (bicyclic) bond motifs is 2. The molecular formula is C8H13N. The fourth-order valence-corrected chi connectivity index (χ4v) is 1.85. The van der Waals surface area contributed by atoms with E-state index in [1.165, 1.54) is 19.5 Å². The van der Waals surface area contributed by atoms with Crippen molar-refractivity contribution in [2.75, 3.05) is 13.1 Å². The highest BCUT2D eigenvalue weighted by atomic mass is 15.1. The molecule has 50 valence electrons. The maximum absolute atomic E-state index is 2.42. The standard InChI is InChI=1S/C8H13N/c1-7-6-9-4-2-8(7)3-5-9/h2,4,7-8H,3,5-6H2,1H3. The summed E-state index contributed by atoms with van der Waals surface area (Å²) >= 11 is 0. The van der Waals surface area contributed by atoms with E-state index in [0.29, 0.717) is 0 Å². The molecule has 1 saturated heterocycles. The molecule has 0 N–H and O–H groups in total. The predicted molar refractivity (Wildman–Crippen MR) is 38.0 cm³/mol. The zero-order valence-corrected chi connectivity index (χ0v) is 5.88. The van der Waals surface area contributed by atoms with Crippen LogP contribution in [-0.2, 0) is 0 Å². The fraction of sp³-hybridized carbons (Fsp3) is 0.750. The zero-order valence-electron chi connectivity index (χ0n) is 5.88. The summed E-state index contributed by atoms with van der Waals surface area (Å²) in [4.78, 5) is 2.42. The molecular weight excluding hydrogens is 110 g/mol. The van der Waals surface area contributed by atoms with Crippen molar-refractivity contribution in [2.24, 2.45) is 11.8 Å². The molecule has 0 aromatic carbocycles. The largest absolute Gasteiger partial charge is 0.377 e. The SMILES string of the molecule is CC1CN2C=CC1CC2. The summed E-state index contributed by atoms with van der Waals surface area (Å²) in [6, 6.07) is 0. The molecule has 0 amide bonds. The number of allylic oxidation sites excluding steroid dienone is 1. The van der Waals surface area contributed by atoms with E-state index in [9.17, 15) is 0 Å². The van der Waals surface area contributed by atoms with Crippen molar-refractivity contribution >= 4 is 0 Å². The Kier molecular flexibility index (Phi) is 1.04. The Morgan fingerprint density at radius 1 is 1.56 bits per heavy atom. The fourth-order valence-electron chi connectivity index (χ4n) is 1.85. The number of rotatable bonds is 0. The van der Waals surface area contributed by atoms with E-state index in [1.807, 2.05) is 0 Å². The summed E-state index contributed by atoms with van der Waals surface area (Å²) in [7, 11) is 0. The van der Waals surface area contributed by atoms with Gasteiger partial charge in [-0.25, -0.2) is 0 Å². The molecule has 0 saturated carbocycles.